The first-order chi connectivity index (χ1) is 3.93. The molecule has 0 aliphatic rings. The van der Waals surface area contributed by atoms with Crippen LogP contribution in [0.2, 0.25) is 0 Å². The Kier molecular flexibility index (Phi) is 10.1. The van der Waals surface area contributed by atoms with Crippen LogP contribution >= 0.6 is 12.2 Å². The van der Waals surface area contributed by atoms with Gasteiger partial charge in [-0.05, 0) is 0 Å². The van der Waals surface area contributed by atoms with E-state index >= 15 is 0 Å². The van der Waals surface area contributed by atoms with Gasteiger partial charge in [0.15, 0.2) is 0 Å². The molecule has 0 unspecified atom stereocenters. The van der Waals surface area contributed by atoms with Gasteiger partial charge in [0.2, 0.25) is 0 Å². The predicted molar refractivity (Wildman–Crippen MR) is 43.8 cm³/mol. The fourth-order valence-corrected chi connectivity index (χ4v) is 0.627. The molecule has 0 aliphatic carbocycles. The molecule has 10 heavy (non-hydrogen) atoms. The van der Waals surface area contributed by atoms with Gasteiger partial charge in [0.25, 0.3) is 0 Å². The topological polar surface area (TPSA) is 0 Å². The van der Waals surface area contributed by atoms with Crippen molar-refractivity contribution in [2.45, 2.75) is 0 Å². The van der Waals surface area contributed by atoms with E-state index in [2.05, 4.69) is 18.3 Å². The first-order valence-electron chi connectivity index (χ1n) is 2.35. The Labute approximate surface area is 92.9 Å². The molecule has 0 heterocycles. The Morgan fingerprint density at radius 1 is 1.40 bits per heavy atom. The average Bonchev–Trinajstić information content (AvgIpc) is 1.90. The van der Waals surface area contributed by atoms with Gasteiger partial charge < -0.3 is 17.0 Å². The molecule has 0 bridgehead atoms. The zero-order valence-electron chi connectivity index (χ0n) is 5.38. The number of hydrogen-bond donors (Lipinski definition) is 0. The van der Waals surface area contributed by atoms with Crippen LogP contribution in [0, 0.1) is 6.07 Å². The molecule has 0 amide bonds. The molecule has 1 aromatic carbocycles. The third-order valence-corrected chi connectivity index (χ3v) is 1.11. The van der Waals surface area contributed by atoms with Crippen molar-refractivity contribution >= 4 is 40.6 Å². The number of benzene rings is 1. The average molecular weight is 225 g/mol. The molecule has 1 rings (SSSR count). The maximum Gasteiger partial charge on any atom is 2.00 e. The van der Waals surface area contributed by atoms with Crippen LogP contribution in [0.3, 0.4) is 0 Å². The Morgan fingerprint density at radius 2 is 2.10 bits per heavy atom. The predicted octanol–water partition coefficient (Wildman–Crippen LogP) is -1.54. The largest absolute Gasteiger partial charge is 2.00 e. The molecule has 3 heteroatoms. The van der Waals surface area contributed by atoms with Gasteiger partial charge in [-0.2, -0.15) is 12.2 Å². The Bertz CT molecular complexity index is 176. The number of rotatable bonds is 1. The molecule has 0 saturated carbocycles. The Balaban J connectivity index is 0. The van der Waals surface area contributed by atoms with Gasteiger partial charge >= 0.3 is 23.1 Å². The second-order valence-electron chi connectivity index (χ2n) is 1.44. The third-order valence-electron chi connectivity index (χ3n) is 0.860. The molecule has 0 atom stereocenters. The molecule has 0 spiro atoms. The summed E-state index contributed by atoms with van der Waals surface area (Å²) in [5.74, 6) is 0. The van der Waals surface area contributed by atoms with Crippen LogP contribution in [0.15, 0.2) is 24.3 Å². The summed E-state index contributed by atoms with van der Waals surface area (Å²) in [5, 5.41) is 1.61. The van der Waals surface area contributed by atoms with Crippen molar-refractivity contribution in [3.8, 4) is 0 Å². The quantitative estimate of drug-likeness (QED) is 0.317. The van der Waals surface area contributed by atoms with E-state index in [1.54, 1.807) is 5.37 Å². The molecule has 1 aromatic rings. The summed E-state index contributed by atoms with van der Waals surface area (Å²) in [7, 11) is 0. The van der Waals surface area contributed by atoms with Crippen LogP contribution < -0.4 is 17.0 Å². The van der Waals surface area contributed by atoms with E-state index < -0.39 is 0 Å². The summed E-state index contributed by atoms with van der Waals surface area (Å²) >= 11 is 4.66. The van der Waals surface area contributed by atoms with Crippen LogP contribution in [0.25, 0.3) is 0 Å². The molecular weight excluding hydrogens is 220 g/mol. The van der Waals surface area contributed by atoms with E-state index in [0.29, 0.717) is 0 Å². The summed E-state index contributed by atoms with van der Waals surface area (Å²) < 4.78 is 0. The smallest absolute Gasteiger partial charge is 1.00 e. The van der Waals surface area contributed by atoms with E-state index in [4.69, 9.17) is 0 Å². The normalized spacial score (nSPS) is 6.80. The summed E-state index contributed by atoms with van der Waals surface area (Å²) in [6, 6.07) is 10.6. The number of hydrogen-bond acceptors (Lipinski definition) is 1. The zero-order chi connectivity index (χ0) is 5.82. The van der Waals surface area contributed by atoms with Crippen molar-refractivity contribution in [1.82, 2.24) is 0 Å². The Hall–Kier alpha value is 0.556. The summed E-state index contributed by atoms with van der Waals surface area (Å²) in [5.41, 5.74) is 0.975. The van der Waals surface area contributed by atoms with Crippen molar-refractivity contribution < 1.29 is 17.0 Å². The molecule has 0 aliphatic heterocycles. The second-order valence-corrected chi connectivity index (χ2v) is 1.67. The van der Waals surface area contributed by atoms with Crippen molar-refractivity contribution in [2.24, 2.45) is 0 Å². The van der Waals surface area contributed by atoms with Crippen LogP contribution in [-0.2, 0) is 0 Å². The van der Waals surface area contributed by atoms with E-state index in [9.17, 15) is 0 Å². The van der Waals surface area contributed by atoms with Gasteiger partial charge in [-0.3, -0.25) is 0 Å². The molecular formula is C7H5BrMgS. The fraction of sp³-hybridized carbons (Fsp3) is 0. The number of thiocarbonyl (C=S) groups is 1. The van der Waals surface area contributed by atoms with Gasteiger partial charge in [0, 0.05) is 0 Å². The monoisotopic (exact) mass is 224 g/mol. The summed E-state index contributed by atoms with van der Waals surface area (Å²) in [6.07, 6.45) is 0. The van der Waals surface area contributed by atoms with Crippen molar-refractivity contribution in [1.29, 1.82) is 0 Å². The van der Waals surface area contributed by atoms with E-state index in [1.165, 1.54) is 0 Å². The van der Waals surface area contributed by atoms with Gasteiger partial charge in [-0.1, -0.05) is 5.37 Å². The fourth-order valence-electron chi connectivity index (χ4n) is 0.481. The maximum atomic E-state index is 4.66. The molecule has 0 aromatic heterocycles. The van der Waals surface area contributed by atoms with E-state index in [1.807, 2.05) is 24.3 Å². The number of halogens is 1. The molecule has 0 fully saturated rings. The summed E-state index contributed by atoms with van der Waals surface area (Å²) in [4.78, 5) is 0. The van der Waals surface area contributed by atoms with E-state index in [0.717, 1.165) is 5.56 Å². The second kappa shape index (κ2) is 7.66. The Morgan fingerprint density at radius 3 is 2.40 bits per heavy atom. The molecule has 48 valence electrons. The molecule has 0 nitrogen and oxygen atoms in total. The first-order valence-corrected chi connectivity index (χ1v) is 2.82. The molecule has 0 radical (unpaired) electrons. The molecule has 0 saturated heterocycles. The van der Waals surface area contributed by atoms with Crippen molar-refractivity contribution in [3.05, 3.63) is 35.9 Å². The molecule has 0 N–H and O–H groups in total. The standard InChI is InChI=1S/C7H5S.BrH.Mg/c8-6-7-4-2-1-3-5-7;;/h1-4,6H;1H;/q-1;;+2/p-1. The van der Waals surface area contributed by atoms with E-state index in [-0.39, 0.29) is 40.0 Å². The van der Waals surface area contributed by atoms with Crippen LogP contribution in [0.5, 0.6) is 0 Å². The minimum atomic E-state index is 0. The minimum Gasteiger partial charge on any atom is -1.00 e. The SMILES string of the molecule is S=Cc1[c-]cccc1.[Br-].[Mg+2]. The van der Waals surface area contributed by atoms with Crippen LogP contribution in [0.1, 0.15) is 5.56 Å². The maximum absolute atomic E-state index is 4.66. The van der Waals surface area contributed by atoms with Gasteiger partial charge in [-0.25, -0.2) is 0 Å². The van der Waals surface area contributed by atoms with Gasteiger partial charge in [-0.15, -0.1) is 35.9 Å². The summed E-state index contributed by atoms with van der Waals surface area (Å²) in [6.45, 7) is 0. The first kappa shape index (κ1) is 13.2. The van der Waals surface area contributed by atoms with Crippen LogP contribution in [-0.4, -0.2) is 28.4 Å². The minimum absolute atomic E-state index is 0. The van der Waals surface area contributed by atoms with Gasteiger partial charge in [0.1, 0.15) is 0 Å². The van der Waals surface area contributed by atoms with Crippen molar-refractivity contribution in [3.63, 3.8) is 0 Å². The van der Waals surface area contributed by atoms with Crippen LogP contribution in [0.4, 0.5) is 0 Å². The third kappa shape index (κ3) is 4.38. The van der Waals surface area contributed by atoms with Gasteiger partial charge in [0.05, 0.1) is 0 Å². The van der Waals surface area contributed by atoms with Crippen molar-refractivity contribution in [2.75, 3.05) is 0 Å². The zero-order valence-corrected chi connectivity index (χ0v) is 9.20.